The Morgan fingerprint density at radius 2 is 1.87 bits per heavy atom. The molecule has 9 heteroatoms. The quantitative estimate of drug-likeness (QED) is 0.452. The molecular formula is C21H18N8O. The number of pyridine rings is 1. The highest BCUT2D eigenvalue weighted by atomic mass is 16.3. The van der Waals surface area contributed by atoms with E-state index >= 15 is 0 Å². The van der Waals surface area contributed by atoms with Gasteiger partial charge < -0.3 is 15.7 Å². The lowest BCUT2D eigenvalue weighted by atomic mass is 9.83. The number of anilines is 3. The van der Waals surface area contributed by atoms with E-state index in [2.05, 4.69) is 36.8 Å². The van der Waals surface area contributed by atoms with E-state index in [4.69, 9.17) is 5.11 Å². The van der Waals surface area contributed by atoms with E-state index in [-0.39, 0.29) is 6.61 Å². The van der Waals surface area contributed by atoms with E-state index in [0.717, 1.165) is 40.6 Å². The molecule has 3 N–H and O–H groups in total. The van der Waals surface area contributed by atoms with Crippen LogP contribution in [0, 0.1) is 11.3 Å². The van der Waals surface area contributed by atoms with Gasteiger partial charge in [-0.3, -0.25) is 0 Å². The van der Waals surface area contributed by atoms with Gasteiger partial charge in [0.2, 0.25) is 0 Å². The minimum absolute atomic E-state index is 0.0219. The van der Waals surface area contributed by atoms with Crippen molar-refractivity contribution in [1.82, 2.24) is 24.7 Å². The van der Waals surface area contributed by atoms with Crippen LogP contribution in [0.25, 0.3) is 16.6 Å². The number of nitriles is 1. The summed E-state index contributed by atoms with van der Waals surface area (Å²) in [5.74, 6) is 1.83. The number of fused-ring (bicyclic) bond motifs is 2. The van der Waals surface area contributed by atoms with Gasteiger partial charge >= 0.3 is 0 Å². The fourth-order valence-corrected chi connectivity index (χ4v) is 3.64. The molecule has 0 unspecified atom stereocenters. The molecule has 5 rings (SSSR count). The van der Waals surface area contributed by atoms with Crippen LogP contribution >= 0.6 is 0 Å². The predicted molar refractivity (Wildman–Crippen MR) is 112 cm³/mol. The molecule has 0 bridgehead atoms. The van der Waals surface area contributed by atoms with Crippen LogP contribution in [0.5, 0.6) is 0 Å². The number of benzene rings is 1. The Morgan fingerprint density at radius 1 is 1.03 bits per heavy atom. The summed E-state index contributed by atoms with van der Waals surface area (Å²) >= 11 is 0. The van der Waals surface area contributed by atoms with E-state index in [1.807, 2.05) is 22.9 Å². The third-order valence-corrected chi connectivity index (χ3v) is 5.17. The highest BCUT2D eigenvalue weighted by Gasteiger charge is 2.23. The summed E-state index contributed by atoms with van der Waals surface area (Å²) in [6.45, 7) is 0.433. The Bertz CT molecular complexity index is 1290. The molecule has 0 radical (unpaired) electrons. The maximum atomic E-state index is 9.30. The Hall–Kier alpha value is -4.03. The summed E-state index contributed by atoms with van der Waals surface area (Å²) in [6.07, 6.45) is 6.88. The minimum Gasteiger partial charge on any atom is -0.395 e. The molecule has 0 fully saturated rings. The second kappa shape index (κ2) is 7.42. The zero-order valence-electron chi connectivity index (χ0n) is 16.0. The van der Waals surface area contributed by atoms with Crippen molar-refractivity contribution in [2.45, 2.75) is 12.8 Å². The van der Waals surface area contributed by atoms with Crippen LogP contribution < -0.4 is 10.6 Å². The second-order valence-corrected chi connectivity index (χ2v) is 6.95. The van der Waals surface area contributed by atoms with E-state index in [0.29, 0.717) is 24.0 Å². The lowest BCUT2D eigenvalue weighted by Gasteiger charge is -2.23. The first-order valence-corrected chi connectivity index (χ1v) is 9.59. The van der Waals surface area contributed by atoms with Crippen molar-refractivity contribution < 1.29 is 5.11 Å². The van der Waals surface area contributed by atoms with Crippen molar-refractivity contribution in [3.8, 4) is 11.8 Å². The van der Waals surface area contributed by atoms with Gasteiger partial charge in [-0.05, 0) is 36.1 Å². The van der Waals surface area contributed by atoms with Crippen LogP contribution in [0.3, 0.4) is 0 Å². The van der Waals surface area contributed by atoms with Crippen molar-refractivity contribution in [2.24, 2.45) is 0 Å². The number of nitrogens with zero attached hydrogens (tertiary/aromatic N) is 6. The van der Waals surface area contributed by atoms with E-state index in [1.54, 1.807) is 18.5 Å². The van der Waals surface area contributed by atoms with Crippen molar-refractivity contribution >= 4 is 28.4 Å². The van der Waals surface area contributed by atoms with Gasteiger partial charge in [-0.1, -0.05) is 0 Å². The number of aromatic nitrogens is 5. The molecule has 3 heterocycles. The van der Waals surface area contributed by atoms with Gasteiger partial charge in [-0.2, -0.15) is 10.4 Å². The van der Waals surface area contributed by atoms with Crippen LogP contribution in [0.15, 0.2) is 43.0 Å². The van der Waals surface area contributed by atoms with Crippen molar-refractivity contribution in [3.63, 3.8) is 0 Å². The Kier molecular flexibility index (Phi) is 4.46. The first kappa shape index (κ1) is 18.0. The molecule has 0 saturated carbocycles. The molecule has 9 nitrogen and oxygen atoms in total. The number of nitrogens with one attached hydrogen (secondary N) is 2. The molecule has 1 aliphatic rings. The fraction of sp³-hybridized carbons (Fsp3) is 0.190. The van der Waals surface area contributed by atoms with Gasteiger partial charge in [0.15, 0.2) is 0 Å². The molecule has 0 atom stereocenters. The predicted octanol–water partition coefficient (Wildman–Crippen LogP) is 2.33. The smallest absolute Gasteiger partial charge is 0.137 e. The second-order valence-electron chi connectivity index (χ2n) is 6.95. The third-order valence-electron chi connectivity index (χ3n) is 5.17. The summed E-state index contributed by atoms with van der Waals surface area (Å²) in [7, 11) is 0. The Morgan fingerprint density at radius 3 is 2.67 bits per heavy atom. The lowest BCUT2D eigenvalue weighted by Crippen LogP contribution is -2.15. The summed E-state index contributed by atoms with van der Waals surface area (Å²) in [6, 6.07) is 9.77. The number of hydrogen-bond donors (Lipinski definition) is 3. The van der Waals surface area contributed by atoms with Crippen molar-refractivity contribution in [2.75, 3.05) is 23.8 Å². The van der Waals surface area contributed by atoms with Gasteiger partial charge in [0.25, 0.3) is 0 Å². The molecular weight excluding hydrogens is 380 g/mol. The maximum absolute atomic E-state index is 9.30. The molecule has 0 amide bonds. The largest absolute Gasteiger partial charge is 0.395 e. The zero-order valence-corrected chi connectivity index (χ0v) is 16.0. The average Bonchev–Trinajstić information content (AvgIpc) is 3.16. The molecule has 0 aliphatic heterocycles. The van der Waals surface area contributed by atoms with Crippen molar-refractivity contribution in [1.29, 1.82) is 5.26 Å². The van der Waals surface area contributed by atoms with Gasteiger partial charge in [-0.15, -0.1) is 0 Å². The normalized spacial score (nSPS) is 12.1. The molecule has 1 aliphatic carbocycles. The van der Waals surface area contributed by atoms with Crippen LogP contribution in [-0.4, -0.2) is 43.0 Å². The minimum atomic E-state index is 0.0219. The summed E-state index contributed by atoms with van der Waals surface area (Å²) in [5, 5.41) is 29.9. The Labute approximate surface area is 172 Å². The summed E-state index contributed by atoms with van der Waals surface area (Å²) < 4.78 is 1.90. The SMILES string of the molecule is N#Cc1ccc(-n2ncc3cnc(Nc4cc(NCCO)ncn4)cc32)c2c1CC2. The highest BCUT2D eigenvalue weighted by molar-refractivity contribution is 5.83. The Balaban J connectivity index is 1.49. The number of aliphatic hydroxyl groups is 1. The molecule has 0 spiro atoms. The van der Waals surface area contributed by atoms with E-state index < -0.39 is 0 Å². The molecule has 0 saturated heterocycles. The molecule has 1 aromatic carbocycles. The molecule has 4 aromatic rings. The average molecular weight is 398 g/mol. The van der Waals surface area contributed by atoms with E-state index in [1.165, 1.54) is 11.9 Å². The van der Waals surface area contributed by atoms with Crippen LogP contribution in [0.4, 0.5) is 17.5 Å². The summed E-state index contributed by atoms with van der Waals surface area (Å²) in [4.78, 5) is 12.8. The third kappa shape index (κ3) is 3.09. The summed E-state index contributed by atoms with van der Waals surface area (Å²) in [5.41, 5.74) is 4.96. The maximum Gasteiger partial charge on any atom is 0.137 e. The monoisotopic (exact) mass is 398 g/mol. The van der Waals surface area contributed by atoms with Crippen LogP contribution in [0.2, 0.25) is 0 Å². The first-order valence-electron chi connectivity index (χ1n) is 9.59. The van der Waals surface area contributed by atoms with E-state index in [9.17, 15) is 5.26 Å². The van der Waals surface area contributed by atoms with Crippen LogP contribution in [0.1, 0.15) is 16.7 Å². The van der Waals surface area contributed by atoms with Crippen LogP contribution in [-0.2, 0) is 12.8 Å². The lowest BCUT2D eigenvalue weighted by molar-refractivity contribution is 0.311. The standard InChI is InChI=1S/C21H18N8O/c22-9-13-1-4-17(16-3-2-15(13)16)29-18-7-20(24-10-14(18)11-27-29)28-21-8-19(23-5-6-30)25-12-26-21/h1,4,7-8,10-12,30H,2-3,5-6H2,(H2,23,24,25,26,28). The topological polar surface area (TPSA) is 125 Å². The number of hydrogen-bond acceptors (Lipinski definition) is 8. The number of aliphatic hydroxyl groups excluding tert-OH is 1. The number of rotatable bonds is 6. The van der Waals surface area contributed by atoms with Gasteiger partial charge in [0.05, 0.1) is 35.6 Å². The molecule has 3 aromatic heterocycles. The van der Waals surface area contributed by atoms with Gasteiger partial charge in [0, 0.05) is 30.3 Å². The molecule has 148 valence electrons. The van der Waals surface area contributed by atoms with Gasteiger partial charge in [-0.25, -0.2) is 19.6 Å². The fourth-order valence-electron chi connectivity index (χ4n) is 3.64. The van der Waals surface area contributed by atoms with Crippen molar-refractivity contribution in [3.05, 3.63) is 59.7 Å². The van der Waals surface area contributed by atoms with Gasteiger partial charge in [0.1, 0.15) is 23.8 Å². The first-order chi connectivity index (χ1) is 14.8. The highest BCUT2D eigenvalue weighted by Crippen LogP contribution is 2.33. The molecule has 30 heavy (non-hydrogen) atoms. The zero-order chi connectivity index (χ0) is 20.5.